The number of ether oxygens (including phenoxy) is 1. The highest BCUT2D eigenvalue weighted by Crippen LogP contribution is 2.22. The van der Waals surface area contributed by atoms with Crippen LogP contribution < -0.4 is 0 Å². The Morgan fingerprint density at radius 1 is 1.08 bits per heavy atom. The summed E-state index contributed by atoms with van der Waals surface area (Å²) < 4.78 is 5.43. The monoisotopic (exact) mass is 363 g/mol. The Kier molecular flexibility index (Phi) is 5.53. The van der Waals surface area contributed by atoms with Crippen LogP contribution in [-0.2, 0) is 4.74 Å². The molecule has 0 aliphatic carbocycles. The lowest BCUT2D eigenvalue weighted by Crippen LogP contribution is -2.60. The number of amides is 2. The molecule has 26 heavy (non-hydrogen) atoms. The summed E-state index contributed by atoms with van der Waals surface area (Å²) in [7, 11) is 0. The summed E-state index contributed by atoms with van der Waals surface area (Å²) >= 11 is 0. The summed E-state index contributed by atoms with van der Waals surface area (Å²) in [6, 6.07) is 5.16. The van der Waals surface area contributed by atoms with Crippen molar-refractivity contribution < 1.29 is 19.2 Å². The van der Waals surface area contributed by atoms with E-state index in [1.807, 2.05) is 34.6 Å². The van der Waals surface area contributed by atoms with Gasteiger partial charge in [-0.25, -0.2) is 4.79 Å². The lowest BCUT2D eigenvalue weighted by molar-refractivity contribution is -0.384. The highest BCUT2D eigenvalue weighted by Gasteiger charge is 2.36. The molecular formula is C18H25N3O5. The number of non-ortho nitro benzene ring substituents is 1. The molecule has 8 heteroatoms. The zero-order chi connectivity index (χ0) is 19.6. The van der Waals surface area contributed by atoms with Crippen molar-refractivity contribution in [3.8, 4) is 0 Å². The molecule has 0 unspecified atom stereocenters. The molecule has 0 aromatic heterocycles. The van der Waals surface area contributed by atoms with Crippen LogP contribution in [-0.4, -0.2) is 57.5 Å². The van der Waals surface area contributed by atoms with Gasteiger partial charge in [-0.3, -0.25) is 14.9 Å². The minimum absolute atomic E-state index is 0.0577. The van der Waals surface area contributed by atoms with Crippen LogP contribution in [0.15, 0.2) is 24.3 Å². The van der Waals surface area contributed by atoms with Crippen LogP contribution in [0.25, 0.3) is 0 Å². The normalized spacial score (nSPS) is 20.7. The summed E-state index contributed by atoms with van der Waals surface area (Å²) in [5.41, 5.74) is -0.246. The highest BCUT2D eigenvalue weighted by atomic mass is 16.6. The van der Waals surface area contributed by atoms with E-state index in [9.17, 15) is 19.7 Å². The van der Waals surface area contributed by atoms with Gasteiger partial charge in [-0.05, 0) is 46.8 Å². The maximum absolute atomic E-state index is 12.8. The van der Waals surface area contributed by atoms with Crippen LogP contribution in [0.4, 0.5) is 10.5 Å². The number of nitro benzene ring substituents is 1. The van der Waals surface area contributed by atoms with E-state index in [-0.39, 0.29) is 29.8 Å². The number of carbonyl (C=O) groups is 2. The van der Waals surface area contributed by atoms with Gasteiger partial charge in [-0.15, -0.1) is 0 Å². The number of hydrogen-bond donors (Lipinski definition) is 0. The van der Waals surface area contributed by atoms with Crippen molar-refractivity contribution in [1.82, 2.24) is 9.80 Å². The van der Waals surface area contributed by atoms with Gasteiger partial charge in [-0.1, -0.05) is 0 Å². The zero-order valence-corrected chi connectivity index (χ0v) is 15.8. The topological polar surface area (TPSA) is 93.0 Å². The number of nitrogens with zero attached hydrogens (tertiary/aromatic N) is 3. The van der Waals surface area contributed by atoms with Crippen LogP contribution in [0.3, 0.4) is 0 Å². The maximum Gasteiger partial charge on any atom is 0.410 e. The van der Waals surface area contributed by atoms with Crippen molar-refractivity contribution in [2.75, 3.05) is 13.1 Å². The minimum Gasteiger partial charge on any atom is -0.444 e. The van der Waals surface area contributed by atoms with E-state index in [2.05, 4.69) is 0 Å². The van der Waals surface area contributed by atoms with Gasteiger partial charge < -0.3 is 14.5 Å². The summed E-state index contributed by atoms with van der Waals surface area (Å²) in [5.74, 6) is -0.205. The van der Waals surface area contributed by atoms with Crippen molar-refractivity contribution >= 4 is 17.7 Å². The van der Waals surface area contributed by atoms with Crippen molar-refractivity contribution in [2.24, 2.45) is 0 Å². The fourth-order valence-corrected chi connectivity index (χ4v) is 2.88. The molecule has 2 amide bonds. The van der Waals surface area contributed by atoms with Crippen LogP contribution in [0.1, 0.15) is 45.0 Å². The molecule has 1 heterocycles. The Morgan fingerprint density at radius 2 is 1.58 bits per heavy atom. The SMILES string of the molecule is C[C@@H]1CN(C(=O)OC(C)(C)C)[C@@H](C)CN1C(=O)c1ccc([N+](=O)[O-])cc1. The Bertz CT molecular complexity index is 696. The molecule has 1 aliphatic rings. The molecule has 1 fully saturated rings. The van der Waals surface area contributed by atoms with Crippen LogP contribution in [0.5, 0.6) is 0 Å². The summed E-state index contributed by atoms with van der Waals surface area (Å²) in [5, 5.41) is 10.7. The second-order valence-electron chi connectivity index (χ2n) is 7.59. The fraction of sp³-hybridized carbons (Fsp3) is 0.556. The first-order chi connectivity index (χ1) is 12.0. The standard InChI is InChI=1S/C18H25N3O5/c1-12-11-20(17(23)26-18(3,4)5)13(2)10-19(12)16(22)14-6-8-15(9-7-14)21(24)25/h6-9,12-13H,10-11H2,1-5H3/t12-,13+/m1/s1. The molecule has 0 bridgehead atoms. The van der Waals surface area contributed by atoms with Gasteiger partial charge in [0.05, 0.1) is 4.92 Å². The first-order valence-electron chi connectivity index (χ1n) is 8.54. The smallest absolute Gasteiger partial charge is 0.410 e. The van der Waals surface area contributed by atoms with E-state index >= 15 is 0 Å². The highest BCUT2D eigenvalue weighted by molar-refractivity contribution is 5.94. The number of rotatable bonds is 2. The average Bonchev–Trinajstić information content (AvgIpc) is 2.54. The molecule has 2 atom stereocenters. The second-order valence-corrected chi connectivity index (χ2v) is 7.59. The van der Waals surface area contributed by atoms with Crippen LogP contribution >= 0.6 is 0 Å². The van der Waals surface area contributed by atoms with Crippen molar-refractivity contribution in [3.63, 3.8) is 0 Å². The third-order valence-electron chi connectivity index (χ3n) is 4.20. The Morgan fingerprint density at radius 3 is 2.08 bits per heavy atom. The Labute approximate surface area is 152 Å². The average molecular weight is 363 g/mol. The molecule has 0 spiro atoms. The summed E-state index contributed by atoms with van der Waals surface area (Å²) in [6.45, 7) is 9.91. The van der Waals surface area contributed by atoms with Crippen LogP contribution in [0, 0.1) is 10.1 Å². The first-order valence-corrected chi connectivity index (χ1v) is 8.54. The fourth-order valence-electron chi connectivity index (χ4n) is 2.88. The molecular weight excluding hydrogens is 338 g/mol. The van der Waals surface area contributed by atoms with Gasteiger partial charge in [0, 0.05) is 42.9 Å². The molecule has 1 saturated heterocycles. The van der Waals surface area contributed by atoms with Gasteiger partial charge in [0.15, 0.2) is 0 Å². The predicted octanol–water partition coefficient (Wildman–Crippen LogP) is 3.06. The molecule has 2 rings (SSSR count). The quantitative estimate of drug-likeness (QED) is 0.595. The molecule has 1 aromatic carbocycles. The maximum atomic E-state index is 12.8. The van der Waals surface area contributed by atoms with E-state index in [1.165, 1.54) is 24.3 Å². The zero-order valence-electron chi connectivity index (χ0n) is 15.8. The minimum atomic E-state index is -0.578. The molecule has 1 aliphatic heterocycles. The van der Waals surface area contributed by atoms with E-state index in [4.69, 9.17) is 4.74 Å². The summed E-state index contributed by atoms with van der Waals surface area (Å²) in [4.78, 5) is 38.7. The summed E-state index contributed by atoms with van der Waals surface area (Å²) in [6.07, 6.45) is -0.390. The number of hydrogen-bond acceptors (Lipinski definition) is 5. The first kappa shape index (κ1) is 19.7. The molecule has 0 saturated carbocycles. The number of benzene rings is 1. The van der Waals surface area contributed by atoms with E-state index in [1.54, 1.807) is 9.80 Å². The molecule has 0 radical (unpaired) electrons. The third kappa shape index (κ3) is 4.50. The number of nitro groups is 1. The van der Waals surface area contributed by atoms with Crippen molar-refractivity contribution in [1.29, 1.82) is 0 Å². The van der Waals surface area contributed by atoms with E-state index in [0.717, 1.165) is 0 Å². The van der Waals surface area contributed by atoms with E-state index in [0.29, 0.717) is 18.7 Å². The van der Waals surface area contributed by atoms with Crippen LogP contribution in [0.2, 0.25) is 0 Å². The van der Waals surface area contributed by atoms with E-state index < -0.39 is 10.5 Å². The third-order valence-corrected chi connectivity index (χ3v) is 4.20. The van der Waals surface area contributed by atoms with Gasteiger partial charge in [-0.2, -0.15) is 0 Å². The lowest BCUT2D eigenvalue weighted by Gasteiger charge is -2.44. The largest absolute Gasteiger partial charge is 0.444 e. The number of carbonyl (C=O) groups excluding carboxylic acids is 2. The van der Waals surface area contributed by atoms with Crippen molar-refractivity contribution in [2.45, 2.75) is 52.3 Å². The molecule has 8 nitrogen and oxygen atoms in total. The predicted molar refractivity (Wildman–Crippen MR) is 96.0 cm³/mol. The van der Waals surface area contributed by atoms with Crippen molar-refractivity contribution in [3.05, 3.63) is 39.9 Å². The molecule has 0 N–H and O–H groups in total. The Hall–Kier alpha value is -2.64. The van der Waals surface area contributed by atoms with Gasteiger partial charge in [0.2, 0.25) is 0 Å². The lowest BCUT2D eigenvalue weighted by atomic mass is 10.1. The van der Waals surface area contributed by atoms with Gasteiger partial charge in [0.25, 0.3) is 11.6 Å². The van der Waals surface area contributed by atoms with Gasteiger partial charge in [0.1, 0.15) is 5.60 Å². The Balaban J connectivity index is 2.10. The second kappa shape index (κ2) is 7.31. The number of piperazine rings is 1. The van der Waals surface area contributed by atoms with Gasteiger partial charge >= 0.3 is 6.09 Å². The molecule has 1 aromatic rings. The molecule has 142 valence electrons.